The minimum atomic E-state index is 0.217. The Labute approximate surface area is 79.1 Å². The molecule has 0 amide bonds. The summed E-state index contributed by atoms with van der Waals surface area (Å²) in [5, 5.41) is 3.17. The first kappa shape index (κ1) is 10.2. The molecule has 4 heteroatoms. The van der Waals surface area contributed by atoms with Gasteiger partial charge < -0.3 is 15.6 Å². The highest BCUT2D eigenvalue weighted by atomic mass is 15.1. The summed E-state index contributed by atoms with van der Waals surface area (Å²) < 4.78 is 2.15. The topological polar surface area (TPSA) is 55.9 Å². The fourth-order valence-corrected chi connectivity index (χ4v) is 1.44. The van der Waals surface area contributed by atoms with Crippen molar-refractivity contribution in [3.8, 4) is 0 Å². The first-order chi connectivity index (χ1) is 6.33. The number of hydrogen-bond donors (Lipinski definition) is 2. The maximum atomic E-state index is 5.64. The van der Waals surface area contributed by atoms with Crippen molar-refractivity contribution in [3.05, 3.63) is 18.2 Å². The lowest BCUT2D eigenvalue weighted by molar-refractivity contribution is 0.537. The van der Waals surface area contributed by atoms with E-state index in [9.17, 15) is 0 Å². The molecule has 0 aliphatic carbocycles. The second-order valence-corrected chi connectivity index (χ2v) is 3.09. The molecule has 0 aliphatic rings. The third-order valence-electron chi connectivity index (χ3n) is 2.15. The minimum absolute atomic E-state index is 0.217. The Morgan fingerprint density at radius 3 is 3.00 bits per heavy atom. The predicted octanol–water partition coefficient (Wildman–Crippen LogP) is 0.512. The maximum absolute atomic E-state index is 5.64. The van der Waals surface area contributed by atoms with Crippen LogP contribution in [0.4, 0.5) is 0 Å². The van der Waals surface area contributed by atoms with Crippen molar-refractivity contribution >= 4 is 0 Å². The van der Waals surface area contributed by atoms with Crippen LogP contribution in [-0.2, 0) is 6.54 Å². The van der Waals surface area contributed by atoms with Crippen LogP contribution in [-0.4, -0.2) is 23.1 Å². The van der Waals surface area contributed by atoms with Gasteiger partial charge in [0.2, 0.25) is 0 Å². The average molecular weight is 182 g/mol. The predicted molar refractivity (Wildman–Crippen MR) is 53.4 cm³/mol. The van der Waals surface area contributed by atoms with Crippen molar-refractivity contribution in [3.63, 3.8) is 0 Å². The minimum Gasteiger partial charge on any atom is -0.333 e. The molecule has 0 bridgehead atoms. The fraction of sp³-hybridized carbons (Fsp3) is 0.667. The van der Waals surface area contributed by atoms with Gasteiger partial charge in [-0.25, -0.2) is 4.98 Å². The Morgan fingerprint density at radius 2 is 2.46 bits per heavy atom. The van der Waals surface area contributed by atoms with Gasteiger partial charge in [0.25, 0.3) is 0 Å². The van der Waals surface area contributed by atoms with Crippen LogP contribution in [0.2, 0.25) is 0 Å². The number of nitrogens with zero attached hydrogens (tertiary/aromatic N) is 2. The van der Waals surface area contributed by atoms with Gasteiger partial charge in [0.15, 0.2) is 0 Å². The molecule has 4 nitrogen and oxygen atoms in total. The SMILES string of the molecule is CCCn1cncc1C(CN)NC. The van der Waals surface area contributed by atoms with Crippen LogP contribution < -0.4 is 11.1 Å². The lowest BCUT2D eigenvalue weighted by Crippen LogP contribution is -2.27. The summed E-state index contributed by atoms with van der Waals surface area (Å²) in [5.41, 5.74) is 6.81. The molecule has 0 saturated heterocycles. The highest BCUT2D eigenvalue weighted by Gasteiger charge is 2.11. The van der Waals surface area contributed by atoms with Crippen molar-refractivity contribution in [1.82, 2.24) is 14.9 Å². The lowest BCUT2D eigenvalue weighted by Gasteiger charge is -2.15. The Bertz CT molecular complexity index is 240. The fourth-order valence-electron chi connectivity index (χ4n) is 1.44. The summed E-state index contributed by atoms with van der Waals surface area (Å²) in [6.45, 7) is 3.76. The maximum Gasteiger partial charge on any atom is 0.0948 e. The number of nitrogens with one attached hydrogen (secondary N) is 1. The van der Waals surface area contributed by atoms with Crippen molar-refractivity contribution < 1.29 is 0 Å². The van der Waals surface area contributed by atoms with Crippen molar-refractivity contribution in [1.29, 1.82) is 0 Å². The Balaban J connectivity index is 2.78. The smallest absolute Gasteiger partial charge is 0.0948 e. The van der Waals surface area contributed by atoms with Crippen LogP contribution in [0.15, 0.2) is 12.5 Å². The summed E-state index contributed by atoms with van der Waals surface area (Å²) >= 11 is 0. The Morgan fingerprint density at radius 1 is 1.69 bits per heavy atom. The van der Waals surface area contributed by atoms with E-state index in [1.165, 1.54) is 5.69 Å². The van der Waals surface area contributed by atoms with Gasteiger partial charge in [-0.15, -0.1) is 0 Å². The van der Waals surface area contributed by atoms with E-state index in [2.05, 4.69) is 21.8 Å². The van der Waals surface area contributed by atoms with Gasteiger partial charge in [-0.1, -0.05) is 6.92 Å². The van der Waals surface area contributed by atoms with E-state index in [-0.39, 0.29) is 6.04 Å². The first-order valence-corrected chi connectivity index (χ1v) is 4.70. The van der Waals surface area contributed by atoms with Crippen LogP contribution in [0, 0.1) is 0 Å². The van der Waals surface area contributed by atoms with E-state index >= 15 is 0 Å². The summed E-state index contributed by atoms with van der Waals surface area (Å²) in [5.74, 6) is 0. The van der Waals surface area contributed by atoms with Gasteiger partial charge in [0.1, 0.15) is 0 Å². The molecule has 0 spiro atoms. The average Bonchev–Trinajstić information content (AvgIpc) is 2.57. The van der Waals surface area contributed by atoms with E-state index in [0.29, 0.717) is 6.54 Å². The normalized spacial score (nSPS) is 13.2. The molecular formula is C9H18N4. The number of hydrogen-bond acceptors (Lipinski definition) is 3. The van der Waals surface area contributed by atoms with E-state index in [4.69, 9.17) is 5.73 Å². The summed E-state index contributed by atoms with van der Waals surface area (Å²) in [7, 11) is 1.92. The summed E-state index contributed by atoms with van der Waals surface area (Å²) in [4.78, 5) is 4.12. The standard InChI is InChI=1S/C9H18N4/c1-3-4-13-7-12-6-9(13)8(5-10)11-2/h6-8,11H,3-5,10H2,1-2H3. The molecule has 1 aromatic rings. The van der Waals surface area contributed by atoms with E-state index < -0.39 is 0 Å². The van der Waals surface area contributed by atoms with E-state index in [1.54, 1.807) is 0 Å². The number of nitrogens with two attached hydrogens (primary N) is 1. The van der Waals surface area contributed by atoms with Crippen molar-refractivity contribution in [2.45, 2.75) is 25.9 Å². The van der Waals surface area contributed by atoms with E-state index in [1.807, 2.05) is 19.6 Å². The zero-order valence-electron chi connectivity index (χ0n) is 8.33. The van der Waals surface area contributed by atoms with Gasteiger partial charge >= 0.3 is 0 Å². The molecule has 1 aromatic heterocycles. The molecule has 0 aliphatic heterocycles. The molecule has 1 rings (SSSR count). The van der Waals surface area contributed by atoms with Crippen LogP contribution in [0.25, 0.3) is 0 Å². The first-order valence-electron chi connectivity index (χ1n) is 4.70. The van der Waals surface area contributed by atoms with Gasteiger partial charge in [-0.05, 0) is 13.5 Å². The molecule has 1 heterocycles. The molecule has 0 radical (unpaired) electrons. The molecular weight excluding hydrogens is 164 g/mol. The molecule has 1 atom stereocenters. The highest BCUT2D eigenvalue weighted by Crippen LogP contribution is 2.10. The molecule has 13 heavy (non-hydrogen) atoms. The molecule has 1 unspecified atom stereocenters. The van der Waals surface area contributed by atoms with Crippen molar-refractivity contribution in [2.75, 3.05) is 13.6 Å². The zero-order valence-corrected chi connectivity index (χ0v) is 8.33. The van der Waals surface area contributed by atoms with Gasteiger partial charge in [-0.2, -0.15) is 0 Å². The molecule has 0 aromatic carbocycles. The number of aryl methyl sites for hydroxylation is 1. The van der Waals surface area contributed by atoms with Gasteiger partial charge in [0.05, 0.1) is 18.1 Å². The number of likely N-dealkylation sites (N-methyl/N-ethyl adjacent to an activating group) is 1. The largest absolute Gasteiger partial charge is 0.333 e. The quantitative estimate of drug-likeness (QED) is 0.697. The second kappa shape index (κ2) is 4.99. The van der Waals surface area contributed by atoms with Crippen LogP contribution >= 0.6 is 0 Å². The number of aromatic nitrogens is 2. The molecule has 0 fully saturated rings. The lowest BCUT2D eigenvalue weighted by atomic mass is 10.2. The molecule has 0 saturated carbocycles. The van der Waals surface area contributed by atoms with Crippen LogP contribution in [0.5, 0.6) is 0 Å². The summed E-state index contributed by atoms with van der Waals surface area (Å²) in [6, 6.07) is 0.217. The van der Waals surface area contributed by atoms with Crippen LogP contribution in [0.1, 0.15) is 25.1 Å². The molecule has 3 N–H and O–H groups in total. The van der Waals surface area contributed by atoms with Gasteiger partial charge in [-0.3, -0.25) is 0 Å². The third kappa shape index (κ3) is 2.29. The highest BCUT2D eigenvalue weighted by molar-refractivity contribution is 5.05. The summed E-state index contributed by atoms with van der Waals surface area (Å²) in [6.07, 6.45) is 4.85. The third-order valence-corrected chi connectivity index (χ3v) is 2.15. The van der Waals surface area contributed by atoms with E-state index in [0.717, 1.165) is 13.0 Å². The zero-order chi connectivity index (χ0) is 9.68. The molecule has 74 valence electrons. The number of imidazole rings is 1. The number of rotatable bonds is 5. The monoisotopic (exact) mass is 182 g/mol. The van der Waals surface area contributed by atoms with Crippen LogP contribution in [0.3, 0.4) is 0 Å². The van der Waals surface area contributed by atoms with Crippen molar-refractivity contribution in [2.24, 2.45) is 5.73 Å². The second-order valence-electron chi connectivity index (χ2n) is 3.09. The van der Waals surface area contributed by atoms with Gasteiger partial charge in [0, 0.05) is 19.3 Å². The Kier molecular flexibility index (Phi) is 3.92. The Hall–Kier alpha value is -0.870.